The fourth-order valence-corrected chi connectivity index (χ4v) is 2.96. The van der Waals surface area contributed by atoms with Crippen LogP contribution >= 0.6 is 0 Å². The first-order chi connectivity index (χ1) is 9.58. The molecule has 0 saturated heterocycles. The third kappa shape index (κ3) is 4.07. The Morgan fingerprint density at radius 3 is 2.25 bits per heavy atom. The molecule has 0 bridgehead atoms. The quantitative estimate of drug-likeness (QED) is 0.776. The molecule has 1 atom stereocenters. The van der Waals surface area contributed by atoms with E-state index in [4.69, 9.17) is 5.73 Å². The predicted octanol–water partition coefficient (Wildman–Crippen LogP) is 4.06. The Kier molecular flexibility index (Phi) is 7.25. The van der Waals surface area contributed by atoms with Crippen LogP contribution in [0.5, 0.6) is 0 Å². The lowest BCUT2D eigenvalue weighted by molar-refractivity contribution is 0.174. The van der Waals surface area contributed by atoms with E-state index in [9.17, 15) is 0 Å². The number of nitrogens with two attached hydrogens (primary N) is 1. The van der Waals surface area contributed by atoms with Crippen molar-refractivity contribution in [1.29, 1.82) is 0 Å². The van der Waals surface area contributed by atoms with E-state index in [1.165, 1.54) is 29.5 Å². The van der Waals surface area contributed by atoms with E-state index >= 15 is 0 Å². The summed E-state index contributed by atoms with van der Waals surface area (Å²) in [6.45, 7) is 14.1. The van der Waals surface area contributed by atoms with E-state index in [1.54, 1.807) is 0 Å². The van der Waals surface area contributed by atoms with Crippen LogP contribution < -0.4 is 5.73 Å². The minimum atomic E-state index is 0.348. The topological polar surface area (TPSA) is 29.3 Å². The second kappa shape index (κ2) is 8.43. The van der Waals surface area contributed by atoms with Gasteiger partial charge in [-0.3, -0.25) is 4.90 Å². The monoisotopic (exact) mass is 276 g/mol. The third-order valence-corrected chi connectivity index (χ3v) is 4.72. The van der Waals surface area contributed by atoms with Crippen molar-refractivity contribution in [2.45, 2.75) is 53.5 Å². The van der Waals surface area contributed by atoms with Crippen LogP contribution in [0.4, 0.5) is 0 Å². The SMILES string of the molecule is CCC(CC)CN(CC)C(CN)c1cccc(C)c1C. The van der Waals surface area contributed by atoms with E-state index in [0.717, 1.165) is 19.0 Å². The molecule has 0 fully saturated rings. The molecule has 0 heterocycles. The van der Waals surface area contributed by atoms with Crippen molar-refractivity contribution in [1.82, 2.24) is 4.90 Å². The first kappa shape index (κ1) is 17.2. The maximum atomic E-state index is 6.12. The average molecular weight is 276 g/mol. The summed E-state index contributed by atoms with van der Waals surface area (Å²) in [6.07, 6.45) is 2.49. The number of hydrogen-bond acceptors (Lipinski definition) is 2. The third-order valence-electron chi connectivity index (χ3n) is 4.72. The standard InChI is InChI=1S/C18H32N2/c1-6-16(7-2)13-20(8-3)18(12-19)17-11-9-10-14(4)15(17)5/h9-11,16,18H,6-8,12-13,19H2,1-5H3. The molecule has 0 aliphatic rings. The molecular formula is C18H32N2. The largest absolute Gasteiger partial charge is 0.329 e. The van der Waals surface area contributed by atoms with E-state index in [2.05, 4.69) is 57.7 Å². The molecule has 0 saturated carbocycles. The molecule has 1 aromatic rings. The normalized spacial score (nSPS) is 13.2. The number of benzene rings is 1. The van der Waals surface area contributed by atoms with Gasteiger partial charge in [0.05, 0.1) is 0 Å². The highest BCUT2D eigenvalue weighted by Gasteiger charge is 2.21. The van der Waals surface area contributed by atoms with Crippen LogP contribution in [-0.2, 0) is 0 Å². The van der Waals surface area contributed by atoms with Crippen molar-refractivity contribution in [3.63, 3.8) is 0 Å². The zero-order valence-electron chi connectivity index (χ0n) is 13.9. The van der Waals surface area contributed by atoms with Crippen LogP contribution in [0.1, 0.15) is 56.3 Å². The van der Waals surface area contributed by atoms with Gasteiger partial charge in [0, 0.05) is 19.1 Å². The number of rotatable bonds is 8. The summed E-state index contributed by atoms with van der Waals surface area (Å²) < 4.78 is 0. The average Bonchev–Trinajstić information content (AvgIpc) is 2.47. The minimum absolute atomic E-state index is 0.348. The fraction of sp³-hybridized carbons (Fsp3) is 0.667. The van der Waals surface area contributed by atoms with Crippen molar-refractivity contribution < 1.29 is 0 Å². The van der Waals surface area contributed by atoms with Crippen molar-refractivity contribution in [2.24, 2.45) is 11.7 Å². The highest BCUT2D eigenvalue weighted by atomic mass is 15.2. The van der Waals surface area contributed by atoms with Crippen LogP contribution in [0, 0.1) is 19.8 Å². The first-order valence-corrected chi connectivity index (χ1v) is 8.09. The number of likely N-dealkylation sites (N-methyl/N-ethyl adjacent to an activating group) is 1. The predicted molar refractivity (Wildman–Crippen MR) is 89.0 cm³/mol. The molecule has 20 heavy (non-hydrogen) atoms. The summed E-state index contributed by atoms with van der Waals surface area (Å²) in [7, 11) is 0. The summed E-state index contributed by atoms with van der Waals surface area (Å²) in [5.41, 5.74) is 10.3. The number of hydrogen-bond donors (Lipinski definition) is 1. The Balaban J connectivity index is 2.99. The molecular weight excluding hydrogens is 244 g/mol. The summed E-state index contributed by atoms with van der Waals surface area (Å²) in [4.78, 5) is 2.55. The van der Waals surface area contributed by atoms with Gasteiger partial charge in [0.1, 0.15) is 0 Å². The van der Waals surface area contributed by atoms with Crippen LogP contribution in [0.25, 0.3) is 0 Å². The van der Waals surface area contributed by atoms with Crippen molar-refractivity contribution in [3.8, 4) is 0 Å². The molecule has 0 aliphatic heterocycles. The number of aryl methyl sites for hydroxylation is 1. The lowest BCUT2D eigenvalue weighted by Gasteiger charge is -2.34. The maximum absolute atomic E-state index is 6.12. The Bertz CT molecular complexity index is 396. The van der Waals surface area contributed by atoms with Crippen LogP contribution in [0.15, 0.2) is 18.2 Å². The lowest BCUT2D eigenvalue weighted by atomic mass is 9.94. The summed E-state index contributed by atoms with van der Waals surface area (Å²) >= 11 is 0. The van der Waals surface area contributed by atoms with Crippen LogP contribution in [0.2, 0.25) is 0 Å². The zero-order chi connectivity index (χ0) is 15.1. The van der Waals surface area contributed by atoms with Gasteiger partial charge in [-0.25, -0.2) is 0 Å². The van der Waals surface area contributed by atoms with E-state index in [-0.39, 0.29) is 0 Å². The first-order valence-electron chi connectivity index (χ1n) is 8.09. The second-order valence-electron chi connectivity index (χ2n) is 5.81. The highest BCUT2D eigenvalue weighted by Crippen LogP contribution is 2.26. The molecule has 0 spiro atoms. The van der Waals surface area contributed by atoms with Gasteiger partial charge in [-0.1, -0.05) is 51.8 Å². The van der Waals surface area contributed by atoms with Crippen molar-refractivity contribution in [2.75, 3.05) is 19.6 Å². The van der Waals surface area contributed by atoms with Gasteiger partial charge in [0.15, 0.2) is 0 Å². The smallest absolute Gasteiger partial charge is 0.0473 e. The highest BCUT2D eigenvalue weighted by molar-refractivity contribution is 5.35. The summed E-state index contributed by atoms with van der Waals surface area (Å²) in [6, 6.07) is 6.94. The maximum Gasteiger partial charge on any atom is 0.0473 e. The van der Waals surface area contributed by atoms with Gasteiger partial charge in [-0.05, 0) is 43.0 Å². The Labute approximate surface area is 125 Å². The fourth-order valence-electron chi connectivity index (χ4n) is 2.96. The molecule has 0 radical (unpaired) electrons. The second-order valence-corrected chi connectivity index (χ2v) is 5.81. The molecule has 0 amide bonds. The minimum Gasteiger partial charge on any atom is -0.329 e. The van der Waals surface area contributed by atoms with Crippen LogP contribution in [-0.4, -0.2) is 24.5 Å². The molecule has 1 unspecified atom stereocenters. The van der Waals surface area contributed by atoms with Gasteiger partial charge < -0.3 is 5.73 Å². The summed E-state index contributed by atoms with van der Waals surface area (Å²) in [5.74, 6) is 0.772. The van der Waals surface area contributed by atoms with Crippen LogP contribution in [0.3, 0.4) is 0 Å². The zero-order valence-corrected chi connectivity index (χ0v) is 13.9. The van der Waals surface area contributed by atoms with Gasteiger partial charge in [-0.2, -0.15) is 0 Å². The molecule has 2 nitrogen and oxygen atoms in total. The Morgan fingerprint density at radius 2 is 1.75 bits per heavy atom. The van der Waals surface area contributed by atoms with Crippen molar-refractivity contribution >= 4 is 0 Å². The number of nitrogens with zero attached hydrogens (tertiary/aromatic N) is 1. The molecule has 0 aliphatic carbocycles. The molecule has 2 N–H and O–H groups in total. The molecule has 0 aromatic heterocycles. The van der Waals surface area contributed by atoms with E-state index in [0.29, 0.717) is 12.6 Å². The Hall–Kier alpha value is -0.860. The van der Waals surface area contributed by atoms with Gasteiger partial charge in [0.25, 0.3) is 0 Å². The molecule has 2 heteroatoms. The Morgan fingerprint density at radius 1 is 1.10 bits per heavy atom. The molecule has 1 rings (SSSR count). The lowest BCUT2D eigenvalue weighted by Crippen LogP contribution is -2.37. The summed E-state index contributed by atoms with van der Waals surface area (Å²) in [5, 5.41) is 0. The molecule has 1 aromatic carbocycles. The van der Waals surface area contributed by atoms with Crippen molar-refractivity contribution in [3.05, 3.63) is 34.9 Å². The molecule has 114 valence electrons. The van der Waals surface area contributed by atoms with Gasteiger partial charge in [0.2, 0.25) is 0 Å². The van der Waals surface area contributed by atoms with Gasteiger partial charge in [-0.15, -0.1) is 0 Å². The van der Waals surface area contributed by atoms with Gasteiger partial charge >= 0.3 is 0 Å². The van der Waals surface area contributed by atoms with E-state index < -0.39 is 0 Å². The van der Waals surface area contributed by atoms with E-state index in [1.807, 2.05) is 0 Å².